The highest BCUT2D eigenvalue weighted by atomic mass is 32.2. The van der Waals surface area contributed by atoms with Gasteiger partial charge in [-0.05, 0) is 49.1 Å². The molecule has 6 nitrogen and oxygen atoms in total. The van der Waals surface area contributed by atoms with Crippen molar-refractivity contribution in [3.8, 4) is 0 Å². The minimum Gasteiger partial charge on any atom is -0.327 e. The zero-order chi connectivity index (χ0) is 25.6. The van der Waals surface area contributed by atoms with Gasteiger partial charge in [-0.25, -0.2) is 22.2 Å². The van der Waals surface area contributed by atoms with Gasteiger partial charge in [0.2, 0.25) is 5.92 Å². The summed E-state index contributed by atoms with van der Waals surface area (Å²) in [7, 11) is -2.36. The van der Waals surface area contributed by atoms with E-state index in [1.807, 2.05) is 6.07 Å². The first-order valence-corrected chi connectivity index (χ1v) is 13.2. The molecule has 2 aromatic carbocycles. The van der Waals surface area contributed by atoms with Gasteiger partial charge in [0, 0.05) is 37.4 Å². The van der Waals surface area contributed by atoms with Crippen LogP contribution in [0.2, 0.25) is 0 Å². The van der Waals surface area contributed by atoms with Gasteiger partial charge in [0.25, 0.3) is 10.0 Å². The number of nitrogens with zero attached hydrogens (tertiary/aromatic N) is 3. The predicted molar refractivity (Wildman–Crippen MR) is 133 cm³/mol. The van der Waals surface area contributed by atoms with Gasteiger partial charge in [-0.1, -0.05) is 32.9 Å². The average Bonchev–Trinajstić information content (AvgIpc) is 3.18. The monoisotopic (exact) mass is 503 g/mol. The molecular formula is C26H31F2N3O3S. The largest absolute Gasteiger partial charge is 0.327 e. The van der Waals surface area contributed by atoms with E-state index in [2.05, 4.69) is 25.3 Å². The van der Waals surface area contributed by atoms with Crippen LogP contribution < -0.4 is 4.31 Å². The van der Waals surface area contributed by atoms with Crippen LogP contribution in [-0.4, -0.2) is 37.2 Å². The number of benzene rings is 2. The zero-order valence-electron chi connectivity index (χ0n) is 20.5. The summed E-state index contributed by atoms with van der Waals surface area (Å²) >= 11 is 0. The second kappa shape index (κ2) is 9.00. The molecule has 1 aliphatic rings. The highest BCUT2D eigenvalue weighted by Gasteiger charge is 2.36. The third-order valence-electron chi connectivity index (χ3n) is 6.72. The van der Waals surface area contributed by atoms with Crippen molar-refractivity contribution in [3.05, 3.63) is 53.9 Å². The fourth-order valence-corrected chi connectivity index (χ4v) is 5.81. The summed E-state index contributed by atoms with van der Waals surface area (Å²) in [5, 5.41) is 0. The van der Waals surface area contributed by atoms with Gasteiger partial charge in [0.1, 0.15) is 12.1 Å². The number of alkyl halides is 2. The quantitative estimate of drug-likeness (QED) is 0.399. The Morgan fingerprint density at radius 1 is 1.11 bits per heavy atom. The number of sulfonamides is 1. The van der Waals surface area contributed by atoms with Crippen LogP contribution in [0.15, 0.2) is 47.4 Å². The van der Waals surface area contributed by atoms with Gasteiger partial charge in [0.05, 0.1) is 21.6 Å². The Labute approximate surface area is 205 Å². The highest BCUT2D eigenvalue weighted by Crippen LogP contribution is 2.38. The first kappa shape index (κ1) is 25.3. The number of halogens is 2. The second-order valence-electron chi connectivity index (χ2n) is 10.4. The van der Waals surface area contributed by atoms with Gasteiger partial charge < -0.3 is 4.57 Å². The van der Waals surface area contributed by atoms with Crippen molar-refractivity contribution in [3.63, 3.8) is 0 Å². The van der Waals surface area contributed by atoms with Crippen LogP contribution in [0.1, 0.15) is 62.6 Å². The molecule has 0 unspecified atom stereocenters. The molecule has 35 heavy (non-hydrogen) atoms. The molecule has 0 radical (unpaired) electrons. The summed E-state index contributed by atoms with van der Waals surface area (Å²) in [6.07, 6.45) is 1.43. The first-order valence-electron chi connectivity index (χ1n) is 11.7. The maximum atomic E-state index is 13.7. The third kappa shape index (κ3) is 5.10. The van der Waals surface area contributed by atoms with E-state index in [1.54, 1.807) is 12.1 Å². The van der Waals surface area contributed by atoms with Gasteiger partial charge in [-0.15, -0.1) is 0 Å². The Morgan fingerprint density at radius 2 is 1.74 bits per heavy atom. The average molecular weight is 504 g/mol. The molecule has 4 rings (SSSR count). The first-order chi connectivity index (χ1) is 16.3. The molecule has 188 valence electrons. The van der Waals surface area contributed by atoms with E-state index in [0.29, 0.717) is 42.4 Å². The van der Waals surface area contributed by atoms with Crippen molar-refractivity contribution in [1.29, 1.82) is 0 Å². The smallest absolute Gasteiger partial charge is 0.264 e. The molecule has 0 spiro atoms. The van der Waals surface area contributed by atoms with E-state index in [4.69, 9.17) is 4.98 Å². The Hall–Kier alpha value is -2.81. The molecule has 3 aromatic rings. The molecule has 1 aromatic heterocycles. The van der Waals surface area contributed by atoms with Crippen molar-refractivity contribution < 1.29 is 22.0 Å². The molecule has 0 bridgehead atoms. The van der Waals surface area contributed by atoms with Crippen LogP contribution in [0.3, 0.4) is 0 Å². The minimum atomic E-state index is -3.84. The van der Waals surface area contributed by atoms with Crippen molar-refractivity contribution in [1.82, 2.24) is 9.55 Å². The predicted octanol–water partition coefficient (Wildman–Crippen LogP) is 5.80. The lowest BCUT2D eigenvalue weighted by Crippen LogP contribution is -2.28. The maximum absolute atomic E-state index is 13.7. The van der Waals surface area contributed by atoms with Gasteiger partial charge in [0.15, 0.2) is 0 Å². The van der Waals surface area contributed by atoms with Crippen molar-refractivity contribution in [2.45, 2.75) is 69.2 Å². The van der Waals surface area contributed by atoms with Gasteiger partial charge in [-0.3, -0.25) is 9.10 Å². The second-order valence-corrected chi connectivity index (χ2v) is 12.4. The summed E-state index contributed by atoms with van der Waals surface area (Å²) in [5.74, 6) is -1.58. The summed E-state index contributed by atoms with van der Waals surface area (Å²) in [5.41, 5.74) is 2.09. The molecule has 0 aliphatic heterocycles. The normalized spacial score (nSPS) is 17.0. The lowest BCUT2D eigenvalue weighted by Gasteiger charge is -2.30. The molecule has 1 saturated carbocycles. The lowest BCUT2D eigenvalue weighted by molar-refractivity contribution is -0.0473. The van der Waals surface area contributed by atoms with E-state index in [1.165, 1.54) is 35.6 Å². The van der Waals surface area contributed by atoms with E-state index in [0.717, 1.165) is 11.3 Å². The van der Waals surface area contributed by atoms with E-state index in [-0.39, 0.29) is 29.1 Å². The number of hydrogen-bond acceptors (Lipinski definition) is 4. The Bertz CT molecular complexity index is 1330. The molecule has 1 heterocycles. The molecule has 9 heteroatoms. The molecular weight excluding hydrogens is 472 g/mol. The number of aromatic nitrogens is 2. The maximum Gasteiger partial charge on any atom is 0.264 e. The van der Waals surface area contributed by atoms with E-state index >= 15 is 0 Å². The van der Waals surface area contributed by atoms with Crippen LogP contribution >= 0.6 is 0 Å². The number of anilines is 1. The van der Waals surface area contributed by atoms with Gasteiger partial charge in [-0.2, -0.15) is 0 Å². The van der Waals surface area contributed by atoms with Crippen molar-refractivity contribution in [2.24, 2.45) is 5.92 Å². The molecule has 1 fully saturated rings. The lowest BCUT2D eigenvalue weighted by atomic mass is 9.86. The number of rotatable bonds is 6. The number of fused-ring (bicyclic) bond motifs is 1. The highest BCUT2D eigenvalue weighted by molar-refractivity contribution is 7.92. The van der Waals surface area contributed by atoms with Crippen LogP contribution in [0.25, 0.3) is 11.0 Å². The third-order valence-corrected chi connectivity index (χ3v) is 8.52. The number of hydrogen-bond donors (Lipinski definition) is 0. The molecule has 0 saturated heterocycles. The summed E-state index contributed by atoms with van der Waals surface area (Å²) in [6, 6.07) is 11.1. The fraction of sp³-hybridized carbons (Fsp3) is 0.462. The number of aldehydes is 1. The van der Waals surface area contributed by atoms with Gasteiger partial charge >= 0.3 is 0 Å². The topological polar surface area (TPSA) is 72.3 Å². The number of carbonyl (C=O) groups is 1. The van der Waals surface area contributed by atoms with Crippen molar-refractivity contribution in [2.75, 3.05) is 11.4 Å². The summed E-state index contributed by atoms with van der Waals surface area (Å²) in [6.45, 7) is 6.77. The van der Waals surface area contributed by atoms with Crippen LogP contribution in [0, 0.1) is 5.92 Å². The molecule has 0 N–H and O–H groups in total. The zero-order valence-corrected chi connectivity index (χ0v) is 21.3. The standard InChI is InChI=1S/C26H31F2N3O3S/c1-25(2,3)24-29-22-15-20(30(4)35(33,34)21-8-5-19(17-32)6-9-21)7-10-23(22)31(24)16-18-11-13-26(27,28)14-12-18/h5-10,15,17-18H,11-14,16H2,1-4H3. The molecule has 1 aliphatic carbocycles. The SMILES string of the molecule is CN(c1ccc2c(c1)nc(C(C)(C)C)n2CC1CCC(F)(F)CC1)S(=O)(=O)c1ccc(C=O)cc1. The number of imidazole rings is 1. The van der Waals surface area contributed by atoms with E-state index < -0.39 is 15.9 Å². The molecule has 0 atom stereocenters. The van der Waals surface area contributed by atoms with Crippen molar-refractivity contribution >= 4 is 33.0 Å². The Balaban J connectivity index is 1.68. The van der Waals surface area contributed by atoms with Crippen LogP contribution in [0.4, 0.5) is 14.5 Å². The van der Waals surface area contributed by atoms with Crippen LogP contribution in [-0.2, 0) is 22.0 Å². The fourth-order valence-electron chi connectivity index (χ4n) is 4.63. The van der Waals surface area contributed by atoms with E-state index in [9.17, 15) is 22.0 Å². The minimum absolute atomic E-state index is 0.0840. The van der Waals surface area contributed by atoms with Crippen LogP contribution in [0.5, 0.6) is 0 Å². The summed E-state index contributed by atoms with van der Waals surface area (Å²) < 4.78 is 57.0. The summed E-state index contributed by atoms with van der Waals surface area (Å²) in [4.78, 5) is 15.8. The Morgan fingerprint density at radius 3 is 2.31 bits per heavy atom. The number of carbonyl (C=O) groups excluding carboxylic acids is 1. The molecule has 0 amide bonds. The Kier molecular flexibility index (Phi) is 6.51.